The minimum absolute atomic E-state index is 0.441. The summed E-state index contributed by atoms with van der Waals surface area (Å²) in [6, 6.07) is 0. The minimum Gasteiger partial charge on any atom is -0.306 e. The molecule has 1 atom stereocenters. The third-order valence-corrected chi connectivity index (χ3v) is 3.28. The average molecular weight is 190 g/mol. The zero-order valence-corrected chi connectivity index (χ0v) is 8.64. The highest BCUT2D eigenvalue weighted by atomic mass is 31.2. The standard InChI is InChI=1S/C8H15O3P/c1-4-6-10-12(9)7-5-8(2,3)11-12/h5,7H,4,6H2,1-3H3. The number of hydrogen-bond acceptors (Lipinski definition) is 3. The molecule has 0 saturated carbocycles. The predicted molar refractivity (Wildman–Crippen MR) is 48.2 cm³/mol. The lowest BCUT2D eigenvalue weighted by Crippen LogP contribution is -2.14. The summed E-state index contributed by atoms with van der Waals surface area (Å²) in [6.07, 6.45) is 2.63. The Balaban J connectivity index is 2.55. The molecule has 0 N–H and O–H groups in total. The van der Waals surface area contributed by atoms with E-state index in [-0.39, 0.29) is 0 Å². The molecular weight excluding hydrogens is 175 g/mol. The van der Waals surface area contributed by atoms with Crippen molar-refractivity contribution in [1.29, 1.82) is 0 Å². The van der Waals surface area contributed by atoms with Crippen LogP contribution >= 0.6 is 7.60 Å². The van der Waals surface area contributed by atoms with Gasteiger partial charge in [0.1, 0.15) is 0 Å². The lowest BCUT2D eigenvalue weighted by atomic mass is 10.1. The van der Waals surface area contributed by atoms with Crippen LogP contribution in [0.2, 0.25) is 0 Å². The first kappa shape index (κ1) is 9.97. The quantitative estimate of drug-likeness (QED) is 0.642. The van der Waals surface area contributed by atoms with Gasteiger partial charge in [0.2, 0.25) is 0 Å². The maximum Gasteiger partial charge on any atom is 0.354 e. The first-order valence-electron chi connectivity index (χ1n) is 4.13. The molecule has 12 heavy (non-hydrogen) atoms. The highest BCUT2D eigenvalue weighted by molar-refractivity contribution is 7.57. The van der Waals surface area contributed by atoms with Crippen LogP contribution in [-0.4, -0.2) is 12.2 Å². The first-order valence-corrected chi connectivity index (χ1v) is 5.74. The second-order valence-corrected chi connectivity index (χ2v) is 5.20. The molecule has 0 aromatic rings. The molecule has 0 spiro atoms. The van der Waals surface area contributed by atoms with Crippen molar-refractivity contribution in [2.75, 3.05) is 6.61 Å². The van der Waals surface area contributed by atoms with Crippen LogP contribution in [-0.2, 0) is 13.6 Å². The molecule has 1 aliphatic heterocycles. The molecule has 0 amide bonds. The van der Waals surface area contributed by atoms with Crippen LogP contribution < -0.4 is 0 Å². The molecule has 70 valence electrons. The van der Waals surface area contributed by atoms with Crippen molar-refractivity contribution in [2.45, 2.75) is 32.8 Å². The molecule has 0 fully saturated rings. The van der Waals surface area contributed by atoms with Crippen molar-refractivity contribution in [3.05, 3.63) is 11.9 Å². The van der Waals surface area contributed by atoms with Crippen LogP contribution in [0.5, 0.6) is 0 Å². The van der Waals surface area contributed by atoms with Crippen LogP contribution in [0, 0.1) is 0 Å². The Morgan fingerprint density at radius 1 is 1.58 bits per heavy atom. The molecule has 0 aromatic heterocycles. The topological polar surface area (TPSA) is 35.5 Å². The molecule has 0 radical (unpaired) electrons. The molecular formula is C8H15O3P. The smallest absolute Gasteiger partial charge is 0.306 e. The van der Waals surface area contributed by atoms with Gasteiger partial charge in [-0.2, -0.15) is 0 Å². The van der Waals surface area contributed by atoms with Crippen LogP contribution in [0.1, 0.15) is 27.2 Å². The molecule has 1 heterocycles. The highest BCUT2D eigenvalue weighted by Crippen LogP contribution is 2.57. The van der Waals surface area contributed by atoms with Crippen molar-refractivity contribution in [2.24, 2.45) is 0 Å². The van der Waals surface area contributed by atoms with E-state index >= 15 is 0 Å². The van der Waals surface area contributed by atoms with Crippen molar-refractivity contribution in [3.8, 4) is 0 Å². The Morgan fingerprint density at radius 2 is 2.25 bits per heavy atom. The van der Waals surface area contributed by atoms with Gasteiger partial charge in [-0.1, -0.05) is 6.92 Å². The van der Waals surface area contributed by atoms with E-state index < -0.39 is 13.2 Å². The monoisotopic (exact) mass is 190 g/mol. The second kappa shape index (κ2) is 3.33. The van der Waals surface area contributed by atoms with E-state index in [1.165, 1.54) is 0 Å². The van der Waals surface area contributed by atoms with Crippen LogP contribution in [0.15, 0.2) is 11.9 Å². The third kappa shape index (κ3) is 2.44. The summed E-state index contributed by atoms with van der Waals surface area (Å²) >= 11 is 0. The van der Waals surface area contributed by atoms with Gasteiger partial charge in [0, 0.05) is 5.82 Å². The van der Waals surface area contributed by atoms with Gasteiger partial charge in [-0.05, 0) is 26.3 Å². The number of hydrogen-bond donors (Lipinski definition) is 0. The summed E-state index contributed by atoms with van der Waals surface area (Å²) in [7, 11) is -2.89. The van der Waals surface area contributed by atoms with E-state index in [1.807, 2.05) is 20.8 Å². The van der Waals surface area contributed by atoms with Gasteiger partial charge in [-0.15, -0.1) is 0 Å². The summed E-state index contributed by atoms with van der Waals surface area (Å²) in [5.74, 6) is 1.54. The van der Waals surface area contributed by atoms with E-state index in [1.54, 1.807) is 11.9 Å². The van der Waals surface area contributed by atoms with Gasteiger partial charge in [-0.3, -0.25) is 9.09 Å². The molecule has 0 bridgehead atoms. The zero-order valence-electron chi connectivity index (χ0n) is 7.74. The zero-order chi connectivity index (χ0) is 9.24. The van der Waals surface area contributed by atoms with E-state index in [2.05, 4.69) is 0 Å². The fourth-order valence-electron chi connectivity index (χ4n) is 0.948. The summed E-state index contributed by atoms with van der Waals surface area (Å²) in [6.45, 7) is 6.17. The fraction of sp³-hybridized carbons (Fsp3) is 0.750. The Bertz CT molecular complexity index is 232. The predicted octanol–water partition coefficient (Wildman–Crippen LogP) is 2.93. The van der Waals surface area contributed by atoms with E-state index in [4.69, 9.17) is 9.05 Å². The molecule has 3 nitrogen and oxygen atoms in total. The van der Waals surface area contributed by atoms with Crippen LogP contribution in [0.25, 0.3) is 0 Å². The number of rotatable bonds is 3. The van der Waals surface area contributed by atoms with Gasteiger partial charge >= 0.3 is 7.60 Å². The van der Waals surface area contributed by atoms with Gasteiger partial charge < -0.3 is 4.52 Å². The lowest BCUT2D eigenvalue weighted by Gasteiger charge is -2.18. The van der Waals surface area contributed by atoms with E-state index in [9.17, 15) is 4.57 Å². The molecule has 0 aromatic carbocycles. The maximum atomic E-state index is 11.7. The highest BCUT2D eigenvalue weighted by Gasteiger charge is 2.35. The van der Waals surface area contributed by atoms with Gasteiger partial charge in [0.15, 0.2) is 0 Å². The Kier molecular flexibility index (Phi) is 2.77. The fourth-order valence-corrected chi connectivity index (χ4v) is 2.84. The Morgan fingerprint density at radius 3 is 2.67 bits per heavy atom. The normalized spacial score (nSPS) is 32.6. The third-order valence-electron chi connectivity index (χ3n) is 1.50. The summed E-state index contributed by atoms with van der Waals surface area (Å²) < 4.78 is 22.0. The van der Waals surface area contributed by atoms with Crippen molar-refractivity contribution in [1.82, 2.24) is 0 Å². The molecule has 1 unspecified atom stereocenters. The summed E-state index contributed by atoms with van der Waals surface area (Å²) in [4.78, 5) is 0. The Hall–Kier alpha value is -0.110. The molecule has 0 aliphatic carbocycles. The summed E-state index contributed by atoms with van der Waals surface area (Å²) in [5.41, 5.74) is -0.441. The van der Waals surface area contributed by atoms with Crippen molar-refractivity contribution in [3.63, 3.8) is 0 Å². The Labute approximate surface area is 73.3 Å². The first-order chi connectivity index (χ1) is 5.47. The SMILES string of the molecule is CCCOP1(=O)C=CC(C)(C)O1. The summed E-state index contributed by atoms with van der Waals surface area (Å²) in [5, 5.41) is 0. The average Bonchev–Trinajstić information content (AvgIpc) is 2.23. The van der Waals surface area contributed by atoms with E-state index in [0.29, 0.717) is 6.61 Å². The van der Waals surface area contributed by atoms with Crippen LogP contribution in [0.3, 0.4) is 0 Å². The van der Waals surface area contributed by atoms with Crippen LogP contribution in [0.4, 0.5) is 0 Å². The second-order valence-electron chi connectivity index (χ2n) is 3.38. The maximum absolute atomic E-state index is 11.7. The van der Waals surface area contributed by atoms with E-state index in [0.717, 1.165) is 6.42 Å². The lowest BCUT2D eigenvalue weighted by molar-refractivity contribution is 0.134. The van der Waals surface area contributed by atoms with Crippen molar-refractivity contribution < 1.29 is 13.6 Å². The largest absolute Gasteiger partial charge is 0.354 e. The van der Waals surface area contributed by atoms with Gasteiger partial charge in [0.25, 0.3) is 0 Å². The minimum atomic E-state index is -2.89. The molecule has 1 aliphatic rings. The van der Waals surface area contributed by atoms with Gasteiger partial charge in [-0.25, -0.2) is 0 Å². The van der Waals surface area contributed by atoms with Gasteiger partial charge in [0.05, 0.1) is 12.2 Å². The van der Waals surface area contributed by atoms with Crippen molar-refractivity contribution >= 4 is 7.60 Å². The molecule has 4 heteroatoms. The molecule has 0 saturated heterocycles. The molecule has 1 rings (SSSR count).